The average molecular weight is 485 g/mol. The molecule has 176 valence electrons. The molecule has 0 saturated carbocycles. The summed E-state index contributed by atoms with van der Waals surface area (Å²) in [5.74, 6) is 0.210. The van der Waals surface area contributed by atoms with Gasteiger partial charge >= 0.3 is 6.16 Å². The van der Waals surface area contributed by atoms with E-state index in [4.69, 9.17) is 15.2 Å². The number of aromatic nitrogens is 1. The number of nitrogens with zero attached hydrogens (tertiary/aromatic N) is 2. The first-order valence-electron chi connectivity index (χ1n) is 10.4. The monoisotopic (exact) mass is 484 g/mol. The molecule has 10 heteroatoms. The Morgan fingerprint density at radius 2 is 2.03 bits per heavy atom. The van der Waals surface area contributed by atoms with Gasteiger partial charge in [-0.1, -0.05) is 18.2 Å². The zero-order valence-corrected chi connectivity index (χ0v) is 19.8. The van der Waals surface area contributed by atoms with E-state index < -0.39 is 6.16 Å². The van der Waals surface area contributed by atoms with E-state index in [0.717, 1.165) is 35.0 Å². The summed E-state index contributed by atoms with van der Waals surface area (Å²) in [7, 11) is 2.04. The largest absolute Gasteiger partial charge is 1.00 e. The van der Waals surface area contributed by atoms with Crippen LogP contribution < -0.4 is 23.0 Å². The summed E-state index contributed by atoms with van der Waals surface area (Å²) in [6, 6.07) is 8.12. The zero-order valence-electron chi connectivity index (χ0n) is 18.3. The van der Waals surface area contributed by atoms with Crippen molar-refractivity contribution in [3.8, 4) is 0 Å². The Kier molecular flexibility index (Phi) is 8.98. The average Bonchev–Trinajstić information content (AvgIpc) is 3.25. The number of carbonyl (C=O) groups is 2. The Balaban J connectivity index is 0.00000181. The maximum absolute atomic E-state index is 13.4. The minimum absolute atomic E-state index is 0. The number of carbonyl (C=O) groups excluding carboxylic acids is 2. The maximum atomic E-state index is 13.4. The summed E-state index contributed by atoms with van der Waals surface area (Å²) in [6.45, 7) is 3.28. The van der Waals surface area contributed by atoms with Crippen molar-refractivity contribution < 1.29 is 36.4 Å². The van der Waals surface area contributed by atoms with Gasteiger partial charge < -0.3 is 32.2 Å². The number of nitrogens with two attached hydrogens (primary N) is 1. The molecule has 1 aliphatic heterocycles. The summed E-state index contributed by atoms with van der Waals surface area (Å²) in [5.41, 5.74) is 8.46. The van der Waals surface area contributed by atoms with Crippen molar-refractivity contribution in [3.05, 3.63) is 47.9 Å². The van der Waals surface area contributed by atoms with Crippen molar-refractivity contribution >= 4 is 35.2 Å². The Labute approximate surface area is 200 Å². The van der Waals surface area contributed by atoms with Gasteiger partial charge in [-0.15, -0.1) is 12.4 Å². The Morgan fingerprint density at radius 1 is 1.28 bits per heavy atom. The molecule has 2 aliphatic rings. The van der Waals surface area contributed by atoms with Crippen molar-refractivity contribution in [2.75, 3.05) is 26.4 Å². The van der Waals surface area contributed by atoms with Gasteiger partial charge in [-0.3, -0.25) is 14.6 Å². The fourth-order valence-electron chi connectivity index (χ4n) is 4.52. The SMILES string of the molecule is CC1N(COC(=O)OCCN)C=C[NH+]1CC1CCc2c(c3ccccc3n2C)C1=O.Cl.[Cl-]. The van der Waals surface area contributed by atoms with Crippen molar-refractivity contribution in [3.63, 3.8) is 0 Å². The summed E-state index contributed by atoms with van der Waals surface area (Å²) in [4.78, 5) is 28.0. The number of benzene rings is 1. The third-order valence-electron chi connectivity index (χ3n) is 6.24. The van der Waals surface area contributed by atoms with Gasteiger partial charge in [0.1, 0.15) is 12.8 Å². The molecular formula is C22H30Cl2N4O4. The van der Waals surface area contributed by atoms with Crippen LogP contribution in [0, 0.1) is 5.92 Å². The predicted molar refractivity (Wildman–Crippen MR) is 119 cm³/mol. The number of hydrogen-bond acceptors (Lipinski definition) is 6. The zero-order chi connectivity index (χ0) is 21.3. The van der Waals surface area contributed by atoms with Crippen LogP contribution in [0.3, 0.4) is 0 Å². The lowest BCUT2D eigenvalue weighted by molar-refractivity contribution is -0.878. The van der Waals surface area contributed by atoms with Crippen molar-refractivity contribution in [2.45, 2.75) is 25.9 Å². The molecule has 3 N–H and O–H groups in total. The summed E-state index contributed by atoms with van der Waals surface area (Å²) >= 11 is 0. The van der Waals surface area contributed by atoms with E-state index in [2.05, 4.69) is 17.6 Å². The van der Waals surface area contributed by atoms with Gasteiger partial charge in [-0.05, 0) is 18.9 Å². The van der Waals surface area contributed by atoms with E-state index in [9.17, 15) is 9.59 Å². The Bertz CT molecular complexity index is 994. The highest BCUT2D eigenvalue weighted by molar-refractivity contribution is 6.11. The number of ether oxygens (including phenoxy) is 2. The van der Waals surface area contributed by atoms with E-state index in [-0.39, 0.29) is 62.6 Å². The van der Waals surface area contributed by atoms with Gasteiger partial charge in [0.2, 0.25) is 0 Å². The molecule has 0 spiro atoms. The number of aryl methyl sites for hydroxylation is 1. The van der Waals surface area contributed by atoms with E-state index in [1.807, 2.05) is 42.5 Å². The smallest absolute Gasteiger partial charge is 0.510 e. The molecule has 3 atom stereocenters. The van der Waals surface area contributed by atoms with Crippen LogP contribution in [0.1, 0.15) is 29.4 Å². The van der Waals surface area contributed by atoms with Crippen LogP contribution in [0.5, 0.6) is 0 Å². The lowest BCUT2D eigenvalue weighted by atomic mass is 9.84. The van der Waals surface area contributed by atoms with Crippen LogP contribution in [0.25, 0.3) is 10.9 Å². The van der Waals surface area contributed by atoms with Crippen LogP contribution in [0.2, 0.25) is 0 Å². The fraction of sp³-hybridized carbons (Fsp3) is 0.455. The number of ketones is 1. The maximum Gasteiger partial charge on any atom is 0.510 e. The number of hydrogen-bond donors (Lipinski definition) is 2. The summed E-state index contributed by atoms with van der Waals surface area (Å²) in [5, 5.41) is 1.05. The molecule has 1 aromatic heterocycles. The minimum atomic E-state index is -0.722. The Hall–Kier alpha value is -2.26. The third kappa shape index (κ3) is 4.88. The predicted octanol–water partition coefficient (Wildman–Crippen LogP) is -1.56. The van der Waals surface area contributed by atoms with Gasteiger partial charge in [-0.2, -0.15) is 0 Å². The normalized spacial score (nSPS) is 21.7. The molecule has 0 radical (unpaired) electrons. The number of nitrogens with one attached hydrogen (secondary N) is 1. The lowest BCUT2D eigenvalue weighted by Crippen LogP contribution is -3.11. The third-order valence-corrected chi connectivity index (χ3v) is 6.24. The molecule has 8 nitrogen and oxygen atoms in total. The first-order valence-corrected chi connectivity index (χ1v) is 10.4. The van der Waals surface area contributed by atoms with Gasteiger partial charge in [-0.25, -0.2) is 4.79 Å². The van der Waals surface area contributed by atoms with E-state index in [0.29, 0.717) is 6.54 Å². The van der Waals surface area contributed by atoms with Crippen LogP contribution in [-0.4, -0.2) is 54.0 Å². The molecule has 0 amide bonds. The number of rotatable bonds is 6. The molecular weight excluding hydrogens is 455 g/mol. The topological polar surface area (TPSA) is 91.2 Å². The summed E-state index contributed by atoms with van der Waals surface area (Å²) < 4.78 is 12.1. The summed E-state index contributed by atoms with van der Waals surface area (Å²) in [6.07, 6.45) is 5.04. The van der Waals surface area contributed by atoms with E-state index in [1.54, 1.807) is 0 Å². The Morgan fingerprint density at radius 3 is 2.78 bits per heavy atom. The number of quaternary nitrogens is 1. The molecule has 1 aromatic carbocycles. The first-order chi connectivity index (χ1) is 14.5. The highest BCUT2D eigenvalue weighted by atomic mass is 35.5. The number of halogens is 2. The molecule has 4 rings (SSSR count). The van der Waals surface area contributed by atoms with Crippen LogP contribution >= 0.6 is 12.4 Å². The van der Waals surface area contributed by atoms with E-state index >= 15 is 0 Å². The van der Waals surface area contributed by atoms with Gasteiger partial charge in [0, 0.05) is 42.7 Å². The second-order valence-corrected chi connectivity index (χ2v) is 7.94. The fourth-order valence-corrected chi connectivity index (χ4v) is 4.52. The van der Waals surface area contributed by atoms with Gasteiger partial charge in [0.05, 0.1) is 18.7 Å². The molecule has 2 aromatic rings. The molecule has 1 aliphatic carbocycles. The lowest BCUT2D eigenvalue weighted by Gasteiger charge is -2.28. The van der Waals surface area contributed by atoms with Gasteiger partial charge in [0.25, 0.3) is 0 Å². The second-order valence-electron chi connectivity index (χ2n) is 7.94. The number of Topliss-reactive ketones (excluding diaryl/α,β-unsaturated/α-hetero) is 1. The van der Waals surface area contributed by atoms with Crippen LogP contribution in [0.4, 0.5) is 4.79 Å². The molecule has 32 heavy (non-hydrogen) atoms. The van der Waals surface area contributed by atoms with Gasteiger partial charge in [0.15, 0.2) is 18.7 Å². The van der Waals surface area contributed by atoms with Crippen LogP contribution in [0.15, 0.2) is 36.7 Å². The highest BCUT2D eigenvalue weighted by Crippen LogP contribution is 2.33. The molecule has 0 fully saturated rings. The molecule has 0 saturated heterocycles. The van der Waals surface area contributed by atoms with Crippen LogP contribution in [-0.2, 0) is 22.9 Å². The van der Waals surface area contributed by atoms with Crippen molar-refractivity contribution in [1.82, 2.24) is 9.47 Å². The molecule has 3 unspecified atom stereocenters. The van der Waals surface area contributed by atoms with E-state index in [1.165, 1.54) is 4.90 Å². The minimum Gasteiger partial charge on any atom is -1.00 e. The highest BCUT2D eigenvalue weighted by Gasteiger charge is 2.37. The molecule has 0 bridgehead atoms. The number of fused-ring (bicyclic) bond motifs is 3. The standard InChI is InChI=1S/C22H28N4O4.2ClH/c1-15-25(10-11-26(15)14-30-22(28)29-12-9-23)13-16-7-8-19-20(21(16)27)17-5-3-4-6-18(17)24(19)2;;/h3-6,10-11,15-16H,7-9,12-14,23H2,1-2H3;2*1H. The second kappa shape index (κ2) is 11.0. The first kappa shape index (κ1) is 26.0. The number of para-hydroxylation sites is 1. The van der Waals surface area contributed by atoms with Crippen molar-refractivity contribution in [1.29, 1.82) is 0 Å². The van der Waals surface area contributed by atoms with Crippen molar-refractivity contribution in [2.24, 2.45) is 18.7 Å². The quantitative estimate of drug-likeness (QED) is 0.481. The molecule has 2 heterocycles.